The van der Waals surface area contributed by atoms with E-state index in [0.29, 0.717) is 0 Å². The summed E-state index contributed by atoms with van der Waals surface area (Å²) < 4.78 is 0. The monoisotopic (exact) mass is 282 g/mol. The van der Waals surface area contributed by atoms with Crippen molar-refractivity contribution < 1.29 is 0 Å². The van der Waals surface area contributed by atoms with E-state index in [1.54, 1.807) is 6.20 Å². The number of rotatable bonds is 3. The molecule has 3 heteroatoms. The van der Waals surface area contributed by atoms with Crippen molar-refractivity contribution in [2.45, 2.75) is 12.5 Å². The van der Waals surface area contributed by atoms with Gasteiger partial charge in [-0.1, -0.05) is 48.0 Å². The molecule has 3 rings (SSSR count). The molecule has 0 bridgehead atoms. The van der Waals surface area contributed by atoms with E-state index >= 15 is 0 Å². The molecule has 2 aromatic carbocycles. The molecular formula is C17H15ClN2. The minimum Gasteiger partial charge on any atom is -0.324 e. The van der Waals surface area contributed by atoms with E-state index in [9.17, 15) is 0 Å². The van der Waals surface area contributed by atoms with Crippen molar-refractivity contribution in [2.75, 3.05) is 0 Å². The van der Waals surface area contributed by atoms with Crippen LogP contribution in [0.2, 0.25) is 5.02 Å². The molecule has 0 saturated heterocycles. The molecule has 0 aliphatic heterocycles. The number of pyridine rings is 1. The van der Waals surface area contributed by atoms with Crippen LogP contribution in [0.5, 0.6) is 0 Å². The molecule has 2 N–H and O–H groups in total. The highest BCUT2D eigenvalue weighted by Gasteiger charge is 2.11. The molecule has 0 aliphatic carbocycles. The Labute approximate surface area is 123 Å². The zero-order valence-electron chi connectivity index (χ0n) is 11.0. The lowest BCUT2D eigenvalue weighted by molar-refractivity contribution is 0.726. The number of fused-ring (bicyclic) bond motifs is 1. The van der Waals surface area contributed by atoms with Gasteiger partial charge in [0, 0.05) is 22.6 Å². The summed E-state index contributed by atoms with van der Waals surface area (Å²) >= 11 is 5.90. The topological polar surface area (TPSA) is 38.9 Å². The summed E-state index contributed by atoms with van der Waals surface area (Å²) in [6, 6.07) is 17.9. The molecule has 0 fully saturated rings. The van der Waals surface area contributed by atoms with Crippen LogP contribution in [-0.4, -0.2) is 4.98 Å². The third-order valence-electron chi connectivity index (χ3n) is 3.43. The summed E-state index contributed by atoms with van der Waals surface area (Å²) in [5, 5.41) is 1.87. The Bertz CT molecular complexity index is 717. The molecule has 0 radical (unpaired) electrons. The zero-order valence-corrected chi connectivity index (χ0v) is 11.7. The summed E-state index contributed by atoms with van der Waals surface area (Å²) in [6.07, 6.45) is 2.58. The highest BCUT2D eigenvalue weighted by atomic mass is 35.5. The Kier molecular flexibility index (Phi) is 3.68. The lowest BCUT2D eigenvalue weighted by Crippen LogP contribution is -2.14. The average Bonchev–Trinajstić information content (AvgIpc) is 2.49. The van der Waals surface area contributed by atoms with E-state index < -0.39 is 0 Å². The van der Waals surface area contributed by atoms with Crippen LogP contribution in [0.4, 0.5) is 0 Å². The maximum Gasteiger partial charge on any atom is 0.0749 e. The number of aromatic nitrogens is 1. The summed E-state index contributed by atoms with van der Waals surface area (Å²) in [4.78, 5) is 4.46. The standard InChI is InChI=1S/C17H15ClN2/c18-14-8-6-12(7-9-14)11-16(19)15-5-1-3-13-4-2-10-20-17(13)15/h1-10,16H,11,19H2. The van der Waals surface area contributed by atoms with Gasteiger partial charge in [-0.25, -0.2) is 0 Å². The molecule has 0 spiro atoms. The quantitative estimate of drug-likeness (QED) is 0.784. The van der Waals surface area contributed by atoms with Crippen LogP contribution in [-0.2, 0) is 6.42 Å². The number of hydrogen-bond acceptors (Lipinski definition) is 2. The number of nitrogens with two attached hydrogens (primary N) is 1. The fourth-order valence-corrected chi connectivity index (χ4v) is 2.54. The molecule has 1 aromatic heterocycles. The molecule has 1 heterocycles. The molecule has 20 heavy (non-hydrogen) atoms. The smallest absolute Gasteiger partial charge is 0.0749 e. The summed E-state index contributed by atoms with van der Waals surface area (Å²) in [6.45, 7) is 0. The largest absolute Gasteiger partial charge is 0.324 e. The first-order valence-electron chi connectivity index (χ1n) is 6.58. The third kappa shape index (κ3) is 2.67. The first-order valence-corrected chi connectivity index (χ1v) is 6.95. The van der Waals surface area contributed by atoms with Crippen molar-refractivity contribution in [2.24, 2.45) is 5.73 Å². The number of hydrogen-bond donors (Lipinski definition) is 1. The van der Waals surface area contributed by atoms with Crippen molar-refractivity contribution in [3.8, 4) is 0 Å². The third-order valence-corrected chi connectivity index (χ3v) is 3.68. The number of nitrogens with zero attached hydrogens (tertiary/aromatic N) is 1. The van der Waals surface area contributed by atoms with Crippen molar-refractivity contribution in [1.29, 1.82) is 0 Å². The average molecular weight is 283 g/mol. The predicted octanol–water partition coefficient (Wildman–Crippen LogP) is 4.13. The van der Waals surface area contributed by atoms with Crippen molar-refractivity contribution in [1.82, 2.24) is 4.98 Å². The normalized spacial score (nSPS) is 12.5. The Hall–Kier alpha value is -1.90. The van der Waals surface area contributed by atoms with E-state index in [0.717, 1.165) is 27.9 Å². The molecule has 2 nitrogen and oxygen atoms in total. The van der Waals surface area contributed by atoms with Crippen LogP contribution in [0.1, 0.15) is 17.2 Å². The molecule has 1 unspecified atom stereocenters. The van der Waals surface area contributed by atoms with E-state index in [-0.39, 0.29) is 6.04 Å². The second kappa shape index (κ2) is 5.61. The Morgan fingerprint density at radius 1 is 1.00 bits per heavy atom. The maximum atomic E-state index is 6.36. The van der Waals surface area contributed by atoms with E-state index in [2.05, 4.69) is 23.2 Å². The SMILES string of the molecule is NC(Cc1ccc(Cl)cc1)c1cccc2cccnc12. The van der Waals surface area contributed by atoms with Crippen LogP contribution in [0.3, 0.4) is 0 Å². The van der Waals surface area contributed by atoms with Crippen LogP contribution < -0.4 is 5.73 Å². The fourth-order valence-electron chi connectivity index (χ4n) is 2.41. The predicted molar refractivity (Wildman–Crippen MR) is 83.8 cm³/mol. The lowest BCUT2D eigenvalue weighted by atomic mass is 9.97. The van der Waals surface area contributed by atoms with Crippen LogP contribution in [0.25, 0.3) is 10.9 Å². The summed E-state index contributed by atoms with van der Waals surface area (Å²) in [5.74, 6) is 0. The minimum absolute atomic E-state index is 0.0743. The van der Waals surface area contributed by atoms with Crippen LogP contribution in [0.15, 0.2) is 60.8 Å². The van der Waals surface area contributed by atoms with Crippen molar-refractivity contribution >= 4 is 22.5 Å². The zero-order chi connectivity index (χ0) is 13.9. The summed E-state index contributed by atoms with van der Waals surface area (Å²) in [7, 11) is 0. The fraction of sp³-hybridized carbons (Fsp3) is 0.118. The van der Waals surface area contributed by atoms with Gasteiger partial charge in [0.25, 0.3) is 0 Å². The first-order chi connectivity index (χ1) is 9.74. The van der Waals surface area contributed by atoms with E-state index in [1.165, 1.54) is 5.56 Å². The van der Waals surface area contributed by atoms with Gasteiger partial charge in [-0.3, -0.25) is 4.98 Å². The molecule has 1 atom stereocenters. The molecule has 0 amide bonds. The summed E-state index contributed by atoms with van der Waals surface area (Å²) in [5.41, 5.74) is 9.60. The van der Waals surface area contributed by atoms with Crippen LogP contribution >= 0.6 is 11.6 Å². The highest BCUT2D eigenvalue weighted by Crippen LogP contribution is 2.24. The van der Waals surface area contributed by atoms with Gasteiger partial charge in [0.15, 0.2) is 0 Å². The molecule has 100 valence electrons. The minimum atomic E-state index is -0.0743. The Morgan fingerprint density at radius 3 is 2.55 bits per heavy atom. The van der Waals surface area contributed by atoms with Gasteiger partial charge in [0.2, 0.25) is 0 Å². The molecule has 0 saturated carbocycles. The second-order valence-corrected chi connectivity index (χ2v) is 5.30. The highest BCUT2D eigenvalue weighted by molar-refractivity contribution is 6.30. The number of para-hydroxylation sites is 1. The molecular weight excluding hydrogens is 268 g/mol. The molecule has 0 aliphatic rings. The van der Waals surface area contributed by atoms with E-state index in [4.69, 9.17) is 17.3 Å². The lowest BCUT2D eigenvalue weighted by Gasteiger charge is -2.14. The molecule has 3 aromatic rings. The van der Waals surface area contributed by atoms with Gasteiger partial charge in [-0.05, 0) is 35.7 Å². The Balaban J connectivity index is 1.92. The van der Waals surface area contributed by atoms with Gasteiger partial charge in [-0.15, -0.1) is 0 Å². The van der Waals surface area contributed by atoms with Gasteiger partial charge in [-0.2, -0.15) is 0 Å². The number of halogens is 1. The first kappa shape index (κ1) is 13.1. The van der Waals surface area contributed by atoms with Gasteiger partial charge in [0.1, 0.15) is 0 Å². The van der Waals surface area contributed by atoms with Crippen molar-refractivity contribution in [3.63, 3.8) is 0 Å². The Morgan fingerprint density at radius 2 is 1.75 bits per heavy atom. The maximum absolute atomic E-state index is 6.36. The van der Waals surface area contributed by atoms with Gasteiger partial charge >= 0.3 is 0 Å². The van der Waals surface area contributed by atoms with Gasteiger partial charge < -0.3 is 5.73 Å². The van der Waals surface area contributed by atoms with Crippen LogP contribution in [0, 0.1) is 0 Å². The van der Waals surface area contributed by atoms with Gasteiger partial charge in [0.05, 0.1) is 5.52 Å². The van der Waals surface area contributed by atoms with Crippen molar-refractivity contribution in [3.05, 3.63) is 76.9 Å². The van der Waals surface area contributed by atoms with E-state index in [1.807, 2.05) is 36.4 Å². The second-order valence-electron chi connectivity index (χ2n) is 4.86. The number of benzene rings is 2.